The van der Waals surface area contributed by atoms with Crippen LogP contribution in [0.2, 0.25) is 0 Å². The van der Waals surface area contributed by atoms with Gasteiger partial charge in [-0.1, -0.05) is 0 Å². The fourth-order valence-electron chi connectivity index (χ4n) is 2.40. The molecule has 0 bridgehead atoms. The first-order valence-corrected chi connectivity index (χ1v) is 8.68. The van der Waals surface area contributed by atoms with E-state index in [1.54, 1.807) is 60.9 Å². The Hall–Kier alpha value is -4.36. The van der Waals surface area contributed by atoms with Crippen LogP contribution in [0.5, 0.6) is 5.75 Å². The van der Waals surface area contributed by atoms with Crippen LogP contribution in [0, 0.1) is 22.7 Å². The van der Waals surface area contributed by atoms with Crippen molar-refractivity contribution in [3.05, 3.63) is 89.1 Å². The minimum absolute atomic E-state index is 0.0621. The van der Waals surface area contributed by atoms with Gasteiger partial charge in [0.25, 0.3) is 5.91 Å². The Balaban J connectivity index is 1.58. The summed E-state index contributed by atoms with van der Waals surface area (Å²) in [6.45, 7) is 0.470. The first-order chi connectivity index (χ1) is 14.2. The first kappa shape index (κ1) is 19.4. The summed E-state index contributed by atoms with van der Waals surface area (Å²) in [5.74, 6) is 1.02. The van der Waals surface area contributed by atoms with Crippen LogP contribution in [0.1, 0.15) is 22.6 Å². The first-order valence-electron chi connectivity index (χ1n) is 8.68. The number of aromatic nitrogens is 1. The van der Waals surface area contributed by atoms with Crippen LogP contribution in [0.3, 0.4) is 0 Å². The van der Waals surface area contributed by atoms with Gasteiger partial charge in [-0.3, -0.25) is 9.78 Å². The molecule has 0 saturated heterocycles. The molecule has 0 spiro atoms. The second-order valence-corrected chi connectivity index (χ2v) is 5.94. The van der Waals surface area contributed by atoms with Gasteiger partial charge in [0.2, 0.25) is 0 Å². The van der Waals surface area contributed by atoms with E-state index in [4.69, 9.17) is 14.4 Å². The topological polar surface area (TPSA) is 112 Å². The highest BCUT2D eigenvalue weighted by atomic mass is 16.5. The summed E-state index contributed by atoms with van der Waals surface area (Å²) in [4.78, 5) is 16.1. The summed E-state index contributed by atoms with van der Waals surface area (Å²) >= 11 is 0. The van der Waals surface area contributed by atoms with Crippen molar-refractivity contribution in [3.8, 4) is 17.9 Å². The summed E-state index contributed by atoms with van der Waals surface area (Å²) < 4.78 is 11.2. The Morgan fingerprint density at radius 2 is 1.86 bits per heavy atom. The molecule has 1 amide bonds. The molecule has 2 heterocycles. The number of benzene rings is 1. The van der Waals surface area contributed by atoms with Crippen molar-refractivity contribution in [2.75, 3.05) is 0 Å². The summed E-state index contributed by atoms with van der Waals surface area (Å²) in [6.07, 6.45) is 4.65. The van der Waals surface area contributed by atoms with E-state index in [0.29, 0.717) is 29.4 Å². The molecule has 7 nitrogen and oxygen atoms in total. The maximum Gasteiger partial charge on any atom is 0.262 e. The van der Waals surface area contributed by atoms with E-state index in [9.17, 15) is 10.1 Å². The number of nitrogens with one attached hydrogen (secondary N) is 1. The standard InChI is InChI=1S/C22H16N4O3/c23-12-16-1-3-19(4-2-16)28-15-21-6-5-20(29-21)11-18(13-24)22(27)26-14-17-7-9-25-10-8-17/h1-11H,14-15H2,(H,26,27). The van der Waals surface area contributed by atoms with E-state index in [0.717, 1.165) is 5.56 Å². The minimum atomic E-state index is -0.490. The van der Waals surface area contributed by atoms with Gasteiger partial charge in [0, 0.05) is 25.0 Å². The van der Waals surface area contributed by atoms with Gasteiger partial charge in [0.05, 0.1) is 11.6 Å². The van der Waals surface area contributed by atoms with E-state index in [1.165, 1.54) is 6.08 Å². The third-order valence-corrected chi connectivity index (χ3v) is 3.90. The molecule has 0 radical (unpaired) electrons. The lowest BCUT2D eigenvalue weighted by atomic mass is 10.2. The monoisotopic (exact) mass is 384 g/mol. The number of nitriles is 2. The Labute approximate surface area is 167 Å². The molecule has 142 valence electrons. The van der Waals surface area contributed by atoms with Gasteiger partial charge in [-0.15, -0.1) is 0 Å². The lowest BCUT2D eigenvalue weighted by Crippen LogP contribution is -2.23. The highest BCUT2D eigenvalue weighted by Crippen LogP contribution is 2.17. The Morgan fingerprint density at radius 3 is 2.55 bits per heavy atom. The molecule has 3 rings (SSSR count). The third-order valence-electron chi connectivity index (χ3n) is 3.90. The van der Waals surface area contributed by atoms with Gasteiger partial charge in [-0.05, 0) is 54.1 Å². The molecule has 3 aromatic rings. The van der Waals surface area contributed by atoms with E-state index in [1.807, 2.05) is 12.1 Å². The number of hydrogen-bond acceptors (Lipinski definition) is 6. The molecule has 29 heavy (non-hydrogen) atoms. The quantitative estimate of drug-likeness (QED) is 0.494. The van der Waals surface area contributed by atoms with Crippen molar-refractivity contribution in [3.63, 3.8) is 0 Å². The number of furan rings is 1. The second kappa shape index (κ2) is 9.54. The van der Waals surface area contributed by atoms with Crippen LogP contribution in [0.25, 0.3) is 6.08 Å². The molecule has 0 saturated carbocycles. The highest BCUT2D eigenvalue weighted by Gasteiger charge is 2.10. The van der Waals surface area contributed by atoms with E-state index >= 15 is 0 Å². The average molecular weight is 384 g/mol. The molecular formula is C22H16N4O3. The fourth-order valence-corrected chi connectivity index (χ4v) is 2.40. The lowest BCUT2D eigenvalue weighted by molar-refractivity contribution is -0.117. The third kappa shape index (κ3) is 5.56. The Bertz CT molecular complexity index is 1090. The van der Waals surface area contributed by atoms with Crippen molar-refractivity contribution < 1.29 is 13.9 Å². The van der Waals surface area contributed by atoms with Crippen LogP contribution in [-0.2, 0) is 17.9 Å². The van der Waals surface area contributed by atoms with Gasteiger partial charge in [0.1, 0.15) is 35.5 Å². The molecule has 7 heteroatoms. The number of carbonyl (C=O) groups excluding carboxylic acids is 1. The van der Waals surface area contributed by atoms with Gasteiger partial charge in [0.15, 0.2) is 0 Å². The number of ether oxygens (including phenoxy) is 1. The molecule has 2 aromatic heterocycles. The van der Waals surface area contributed by atoms with Crippen LogP contribution in [0.15, 0.2) is 70.9 Å². The summed E-state index contributed by atoms with van der Waals surface area (Å²) in [5, 5.41) is 20.8. The predicted octanol–water partition coefficient (Wildman–Crippen LogP) is 3.35. The smallest absolute Gasteiger partial charge is 0.262 e. The Morgan fingerprint density at radius 1 is 1.10 bits per heavy atom. The number of carbonyl (C=O) groups is 1. The van der Waals surface area contributed by atoms with Crippen LogP contribution < -0.4 is 10.1 Å². The van der Waals surface area contributed by atoms with Gasteiger partial charge >= 0.3 is 0 Å². The van der Waals surface area contributed by atoms with E-state index in [-0.39, 0.29) is 12.2 Å². The molecule has 1 aromatic carbocycles. The van der Waals surface area contributed by atoms with Crippen molar-refractivity contribution in [2.24, 2.45) is 0 Å². The van der Waals surface area contributed by atoms with Crippen molar-refractivity contribution in [1.29, 1.82) is 10.5 Å². The Kier molecular flexibility index (Phi) is 6.38. The molecule has 0 atom stereocenters. The molecule has 0 aliphatic rings. The second-order valence-electron chi connectivity index (χ2n) is 5.94. The van der Waals surface area contributed by atoms with Crippen molar-refractivity contribution in [1.82, 2.24) is 10.3 Å². The van der Waals surface area contributed by atoms with Gasteiger partial charge in [-0.25, -0.2) is 0 Å². The van der Waals surface area contributed by atoms with Crippen molar-refractivity contribution >= 4 is 12.0 Å². The number of nitrogens with zero attached hydrogens (tertiary/aromatic N) is 3. The van der Waals surface area contributed by atoms with Gasteiger partial charge < -0.3 is 14.5 Å². The zero-order chi connectivity index (χ0) is 20.5. The average Bonchev–Trinajstić information content (AvgIpc) is 3.23. The maximum absolute atomic E-state index is 12.2. The number of hydrogen-bond donors (Lipinski definition) is 1. The molecular weight excluding hydrogens is 368 g/mol. The van der Waals surface area contributed by atoms with Gasteiger partial charge in [-0.2, -0.15) is 10.5 Å². The van der Waals surface area contributed by atoms with Crippen LogP contribution >= 0.6 is 0 Å². The van der Waals surface area contributed by atoms with Crippen molar-refractivity contribution in [2.45, 2.75) is 13.2 Å². The zero-order valence-electron chi connectivity index (χ0n) is 15.3. The predicted molar refractivity (Wildman–Crippen MR) is 104 cm³/mol. The van der Waals surface area contributed by atoms with E-state index in [2.05, 4.69) is 10.3 Å². The minimum Gasteiger partial charge on any atom is -0.486 e. The maximum atomic E-state index is 12.2. The SMILES string of the molecule is N#CC(=Cc1ccc(COc2ccc(C#N)cc2)o1)C(=O)NCc1ccncc1. The number of pyridine rings is 1. The largest absolute Gasteiger partial charge is 0.486 e. The summed E-state index contributed by atoms with van der Waals surface area (Å²) in [6, 6.07) is 17.6. The highest BCUT2D eigenvalue weighted by molar-refractivity contribution is 6.01. The molecule has 0 unspecified atom stereocenters. The molecule has 0 fully saturated rings. The number of amides is 1. The summed E-state index contributed by atoms with van der Waals surface area (Å²) in [7, 11) is 0. The number of rotatable bonds is 7. The molecule has 1 N–H and O–H groups in total. The molecule has 0 aliphatic carbocycles. The lowest BCUT2D eigenvalue weighted by Gasteiger charge is -2.04. The zero-order valence-corrected chi connectivity index (χ0v) is 15.3. The van der Waals surface area contributed by atoms with E-state index < -0.39 is 5.91 Å². The fraction of sp³-hybridized carbons (Fsp3) is 0.0909. The van der Waals surface area contributed by atoms with Crippen LogP contribution in [0.4, 0.5) is 0 Å². The van der Waals surface area contributed by atoms with Crippen LogP contribution in [-0.4, -0.2) is 10.9 Å². The summed E-state index contributed by atoms with van der Waals surface area (Å²) in [5.41, 5.74) is 1.37. The normalized spacial score (nSPS) is 10.6. The molecule has 0 aliphatic heterocycles.